The number of thioether (sulfide) groups is 1. The van der Waals surface area contributed by atoms with Crippen LogP contribution in [-0.2, 0) is 17.6 Å². The summed E-state index contributed by atoms with van der Waals surface area (Å²) in [6.45, 7) is 0. The fraction of sp³-hybridized carbons (Fsp3) is 0.158. The van der Waals surface area contributed by atoms with E-state index in [2.05, 4.69) is 15.0 Å². The van der Waals surface area contributed by atoms with E-state index < -0.39 is 0 Å². The minimum atomic E-state index is -0.200. The van der Waals surface area contributed by atoms with Crippen LogP contribution in [0.15, 0.2) is 57.1 Å². The largest absolute Gasteiger partial charge is 0.327 e. The number of fused-ring (bicyclic) bond motifs is 1. The van der Waals surface area contributed by atoms with E-state index in [1.165, 1.54) is 34.4 Å². The molecule has 0 aliphatic heterocycles. The van der Waals surface area contributed by atoms with Gasteiger partial charge in [-0.2, -0.15) is 4.99 Å². The van der Waals surface area contributed by atoms with Crippen molar-refractivity contribution in [3.8, 4) is 11.1 Å². The normalized spacial score (nSPS) is 12.0. The number of thiazole rings is 1. The molecule has 3 heterocycles. The van der Waals surface area contributed by atoms with Crippen molar-refractivity contribution in [1.82, 2.24) is 14.5 Å². The molecule has 142 valence electrons. The molecule has 0 atom stereocenters. The van der Waals surface area contributed by atoms with Gasteiger partial charge in [0, 0.05) is 29.6 Å². The molecule has 3 aromatic heterocycles. The van der Waals surface area contributed by atoms with Crippen molar-refractivity contribution in [3.05, 3.63) is 68.3 Å². The summed E-state index contributed by atoms with van der Waals surface area (Å²) in [4.78, 5) is 37.5. The van der Waals surface area contributed by atoms with Crippen LogP contribution in [0.3, 0.4) is 0 Å². The second kappa shape index (κ2) is 8.26. The van der Waals surface area contributed by atoms with Crippen molar-refractivity contribution in [3.63, 3.8) is 0 Å². The number of thiophene rings is 1. The molecule has 1 aromatic carbocycles. The molecule has 1 N–H and O–H groups in total. The molecule has 0 aliphatic rings. The van der Waals surface area contributed by atoms with Crippen LogP contribution >= 0.6 is 34.4 Å². The van der Waals surface area contributed by atoms with Gasteiger partial charge in [0.1, 0.15) is 10.7 Å². The molecule has 0 fully saturated rings. The van der Waals surface area contributed by atoms with Gasteiger partial charge in [0.05, 0.1) is 16.9 Å². The van der Waals surface area contributed by atoms with Gasteiger partial charge in [-0.05, 0) is 5.56 Å². The number of aromatic amines is 1. The monoisotopic (exact) mass is 428 g/mol. The van der Waals surface area contributed by atoms with Crippen LogP contribution in [0.2, 0.25) is 0 Å². The third-order valence-corrected chi connectivity index (χ3v) is 6.67. The van der Waals surface area contributed by atoms with Crippen molar-refractivity contribution >= 4 is 50.6 Å². The van der Waals surface area contributed by atoms with Gasteiger partial charge >= 0.3 is 0 Å². The number of benzene rings is 1. The summed E-state index contributed by atoms with van der Waals surface area (Å²) in [7, 11) is 1.85. The molecule has 4 aromatic rings. The Kier molecular flexibility index (Phi) is 5.56. The molecule has 0 aliphatic carbocycles. The molecular weight excluding hydrogens is 412 g/mol. The van der Waals surface area contributed by atoms with Gasteiger partial charge in [-0.25, -0.2) is 4.98 Å². The number of nitrogens with one attached hydrogen (secondary N) is 1. The summed E-state index contributed by atoms with van der Waals surface area (Å²) in [6, 6.07) is 9.80. The minimum Gasteiger partial charge on any atom is -0.327 e. The van der Waals surface area contributed by atoms with E-state index >= 15 is 0 Å². The van der Waals surface area contributed by atoms with Crippen LogP contribution in [0.25, 0.3) is 21.3 Å². The highest BCUT2D eigenvalue weighted by Gasteiger charge is 2.13. The third kappa shape index (κ3) is 4.01. The number of aromatic nitrogens is 3. The Balaban J connectivity index is 1.49. The highest BCUT2D eigenvalue weighted by Crippen LogP contribution is 2.30. The van der Waals surface area contributed by atoms with Gasteiger partial charge in [-0.15, -0.1) is 34.4 Å². The Morgan fingerprint density at radius 3 is 2.86 bits per heavy atom. The fourth-order valence-corrected chi connectivity index (χ4v) is 5.09. The Hall–Kier alpha value is -2.49. The standard InChI is InChI=1S/C19H16N4O2S3/c1-23-7-8-27-19(23)22-15(24)11-26-10-14-20-17(25)16-13(9-28-18(16)21-14)12-5-3-2-4-6-12/h2-9H,10-11H2,1H3,(H,20,21,25). The van der Waals surface area contributed by atoms with Crippen LogP contribution in [-0.4, -0.2) is 26.2 Å². The van der Waals surface area contributed by atoms with Gasteiger partial charge in [0.25, 0.3) is 11.5 Å². The molecule has 0 saturated heterocycles. The highest BCUT2D eigenvalue weighted by atomic mass is 32.2. The molecule has 9 heteroatoms. The lowest BCUT2D eigenvalue weighted by Crippen LogP contribution is -2.14. The van der Waals surface area contributed by atoms with E-state index in [0.717, 1.165) is 11.1 Å². The summed E-state index contributed by atoms with van der Waals surface area (Å²) in [6.07, 6.45) is 1.86. The first-order chi connectivity index (χ1) is 13.6. The third-order valence-electron chi connectivity index (χ3n) is 4.02. The van der Waals surface area contributed by atoms with Crippen molar-refractivity contribution in [2.75, 3.05) is 5.75 Å². The topological polar surface area (TPSA) is 80.1 Å². The molecule has 0 radical (unpaired) electrons. The quantitative estimate of drug-likeness (QED) is 0.528. The lowest BCUT2D eigenvalue weighted by atomic mass is 10.1. The molecule has 4 rings (SSSR count). The van der Waals surface area contributed by atoms with Crippen molar-refractivity contribution in [2.45, 2.75) is 5.75 Å². The number of nitrogens with zero attached hydrogens (tertiary/aromatic N) is 3. The van der Waals surface area contributed by atoms with Crippen LogP contribution in [0.4, 0.5) is 0 Å². The van der Waals surface area contributed by atoms with Gasteiger partial charge in [0.15, 0.2) is 4.80 Å². The molecule has 0 unspecified atom stereocenters. The summed E-state index contributed by atoms with van der Waals surface area (Å²) in [5.41, 5.74) is 1.74. The first-order valence-electron chi connectivity index (χ1n) is 8.43. The summed E-state index contributed by atoms with van der Waals surface area (Å²) in [5, 5.41) is 4.46. The van der Waals surface area contributed by atoms with Gasteiger partial charge < -0.3 is 9.55 Å². The predicted octanol–water partition coefficient (Wildman–Crippen LogP) is 3.41. The fourth-order valence-electron chi connectivity index (χ4n) is 2.70. The van der Waals surface area contributed by atoms with Gasteiger partial charge in [-0.1, -0.05) is 30.3 Å². The zero-order valence-corrected chi connectivity index (χ0v) is 17.4. The van der Waals surface area contributed by atoms with E-state index in [-0.39, 0.29) is 17.2 Å². The second-order valence-corrected chi connectivity index (χ2v) is 8.72. The number of hydrogen-bond acceptors (Lipinski definition) is 6. The Morgan fingerprint density at radius 2 is 2.11 bits per heavy atom. The second-order valence-electron chi connectivity index (χ2n) is 6.00. The summed E-state index contributed by atoms with van der Waals surface area (Å²) in [5.74, 6) is 1.05. The molecule has 1 amide bonds. The van der Waals surface area contributed by atoms with E-state index in [1.807, 2.05) is 54.3 Å². The SMILES string of the molecule is Cn1ccsc1=NC(=O)CSCc1nc2scc(-c3ccccc3)c2c(=O)[nH]1. The van der Waals surface area contributed by atoms with E-state index in [4.69, 9.17) is 0 Å². The summed E-state index contributed by atoms with van der Waals surface area (Å²) >= 11 is 4.26. The number of amides is 1. The lowest BCUT2D eigenvalue weighted by Gasteiger charge is -2.02. The number of H-pyrrole nitrogens is 1. The average Bonchev–Trinajstić information content (AvgIpc) is 3.29. The average molecular weight is 429 g/mol. The number of rotatable bonds is 5. The summed E-state index contributed by atoms with van der Waals surface area (Å²) < 4.78 is 1.81. The first-order valence-corrected chi connectivity index (χ1v) is 11.3. The number of aryl methyl sites for hydroxylation is 1. The molecule has 28 heavy (non-hydrogen) atoms. The Labute approximate surface area is 172 Å². The molecule has 6 nitrogen and oxygen atoms in total. The minimum absolute atomic E-state index is 0.151. The first kappa shape index (κ1) is 18.9. The number of carbonyl (C=O) groups excluding carboxylic acids is 1. The number of hydrogen-bond donors (Lipinski definition) is 1. The maximum absolute atomic E-state index is 12.6. The van der Waals surface area contributed by atoms with Crippen molar-refractivity contribution in [1.29, 1.82) is 0 Å². The van der Waals surface area contributed by atoms with Crippen molar-refractivity contribution < 1.29 is 4.79 Å². The maximum Gasteiger partial charge on any atom is 0.260 e. The van der Waals surface area contributed by atoms with E-state index in [1.54, 1.807) is 4.57 Å². The molecule has 0 bridgehead atoms. The Morgan fingerprint density at radius 1 is 1.29 bits per heavy atom. The van der Waals surface area contributed by atoms with Crippen LogP contribution in [0.5, 0.6) is 0 Å². The smallest absolute Gasteiger partial charge is 0.260 e. The maximum atomic E-state index is 12.6. The van der Waals surface area contributed by atoms with Gasteiger partial charge in [-0.3, -0.25) is 9.59 Å². The van der Waals surface area contributed by atoms with Crippen molar-refractivity contribution in [2.24, 2.45) is 12.0 Å². The molecule has 0 saturated carbocycles. The Bertz CT molecular complexity index is 1250. The van der Waals surface area contributed by atoms with E-state index in [0.29, 0.717) is 26.6 Å². The van der Waals surface area contributed by atoms with Crippen LogP contribution in [0.1, 0.15) is 5.82 Å². The lowest BCUT2D eigenvalue weighted by molar-refractivity contribution is -0.115. The van der Waals surface area contributed by atoms with Gasteiger partial charge in [0.2, 0.25) is 0 Å². The number of carbonyl (C=O) groups is 1. The molecular formula is C19H16N4O2S3. The zero-order chi connectivity index (χ0) is 19.5. The predicted molar refractivity (Wildman–Crippen MR) is 116 cm³/mol. The van der Waals surface area contributed by atoms with Crippen LogP contribution in [0, 0.1) is 0 Å². The van der Waals surface area contributed by atoms with Crippen LogP contribution < -0.4 is 10.4 Å². The highest BCUT2D eigenvalue weighted by molar-refractivity contribution is 7.99. The zero-order valence-electron chi connectivity index (χ0n) is 14.9. The molecule has 0 spiro atoms. The van der Waals surface area contributed by atoms with E-state index in [9.17, 15) is 9.59 Å².